The number of ether oxygens (including phenoxy) is 1. The summed E-state index contributed by atoms with van der Waals surface area (Å²) in [5.74, 6) is 1.31. The molecule has 1 aromatic heterocycles. The molecule has 0 unspecified atom stereocenters. The first kappa shape index (κ1) is 14.9. The van der Waals surface area contributed by atoms with Gasteiger partial charge in [0.25, 0.3) is 0 Å². The maximum Gasteiger partial charge on any atom is 0.188 e. The molecule has 2 rings (SSSR count). The van der Waals surface area contributed by atoms with Crippen LogP contribution in [0.2, 0.25) is 0 Å². The number of nitrogens with two attached hydrogens (primary N) is 1. The quantitative estimate of drug-likeness (QED) is 0.388. The molecule has 112 valence electrons. The van der Waals surface area contributed by atoms with Crippen LogP contribution in [0.25, 0.3) is 0 Å². The number of hydrogen-bond acceptors (Lipinski definition) is 3. The highest BCUT2D eigenvalue weighted by Gasteiger charge is 1.95. The van der Waals surface area contributed by atoms with E-state index in [1.165, 1.54) is 0 Å². The summed E-state index contributed by atoms with van der Waals surface area (Å²) in [7, 11) is 0. The molecule has 0 saturated carbocycles. The van der Waals surface area contributed by atoms with Crippen molar-refractivity contribution in [3.05, 3.63) is 48.5 Å². The molecule has 0 aliphatic heterocycles. The van der Waals surface area contributed by atoms with E-state index in [9.17, 15) is 0 Å². The smallest absolute Gasteiger partial charge is 0.188 e. The molecule has 0 radical (unpaired) electrons. The lowest BCUT2D eigenvalue weighted by molar-refractivity contribution is 0.322. The second-order valence-electron chi connectivity index (χ2n) is 4.54. The first-order valence-corrected chi connectivity index (χ1v) is 7.03. The van der Waals surface area contributed by atoms with Gasteiger partial charge in [-0.15, -0.1) is 0 Å². The van der Waals surface area contributed by atoms with Crippen molar-refractivity contribution in [2.75, 3.05) is 19.7 Å². The Morgan fingerprint density at radius 1 is 1.33 bits per heavy atom. The molecule has 6 heteroatoms. The van der Waals surface area contributed by atoms with Crippen LogP contribution < -0.4 is 15.8 Å². The van der Waals surface area contributed by atoms with Crippen molar-refractivity contribution in [3.8, 4) is 5.75 Å². The van der Waals surface area contributed by atoms with E-state index in [1.54, 1.807) is 6.33 Å². The largest absolute Gasteiger partial charge is 0.492 e. The summed E-state index contributed by atoms with van der Waals surface area (Å²) >= 11 is 0. The average molecular weight is 287 g/mol. The van der Waals surface area contributed by atoms with Gasteiger partial charge in [0.1, 0.15) is 12.4 Å². The maximum absolute atomic E-state index is 5.78. The van der Waals surface area contributed by atoms with Crippen molar-refractivity contribution < 1.29 is 4.74 Å². The number of aryl methyl sites for hydroxylation is 1. The molecular weight excluding hydrogens is 266 g/mol. The van der Waals surface area contributed by atoms with Gasteiger partial charge in [-0.1, -0.05) is 18.2 Å². The van der Waals surface area contributed by atoms with Gasteiger partial charge in [-0.3, -0.25) is 4.99 Å². The highest BCUT2D eigenvalue weighted by Crippen LogP contribution is 2.07. The van der Waals surface area contributed by atoms with Crippen molar-refractivity contribution in [1.29, 1.82) is 0 Å². The third kappa shape index (κ3) is 5.99. The number of H-pyrrole nitrogens is 1. The normalized spacial score (nSPS) is 11.3. The molecule has 1 aromatic carbocycles. The summed E-state index contributed by atoms with van der Waals surface area (Å²) in [6.45, 7) is 1.87. The molecule has 0 fully saturated rings. The number of hydrogen-bond donors (Lipinski definition) is 3. The topological polar surface area (TPSA) is 88.3 Å². The number of rotatable bonds is 8. The fraction of sp³-hybridized carbons (Fsp3) is 0.333. The minimum absolute atomic E-state index is 0.455. The Morgan fingerprint density at radius 2 is 2.19 bits per heavy atom. The average Bonchev–Trinajstić information content (AvgIpc) is 3.02. The SMILES string of the molecule is NC(=NCCCc1cnc[nH]1)NCCOc1ccccc1. The van der Waals surface area contributed by atoms with E-state index >= 15 is 0 Å². The van der Waals surface area contributed by atoms with E-state index in [2.05, 4.69) is 20.3 Å². The van der Waals surface area contributed by atoms with Gasteiger partial charge in [0.05, 0.1) is 12.9 Å². The van der Waals surface area contributed by atoms with Gasteiger partial charge >= 0.3 is 0 Å². The van der Waals surface area contributed by atoms with Crippen LogP contribution in [0.5, 0.6) is 5.75 Å². The monoisotopic (exact) mass is 287 g/mol. The molecule has 0 spiro atoms. The Hall–Kier alpha value is -2.50. The van der Waals surface area contributed by atoms with Crippen molar-refractivity contribution in [3.63, 3.8) is 0 Å². The number of benzene rings is 1. The predicted molar refractivity (Wildman–Crippen MR) is 83.3 cm³/mol. The molecule has 4 N–H and O–H groups in total. The van der Waals surface area contributed by atoms with Crippen LogP contribution in [0.15, 0.2) is 47.8 Å². The Balaban J connectivity index is 1.54. The summed E-state index contributed by atoms with van der Waals surface area (Å²) in [5.41, 5.74) is 6.89. The number of aromatic amines is 1. The first-order valence-electron chi connectivity index (χ1n) is 7.03. The van der Waals surface area contributed by atoms with E-state index in [0.29, 0.717) is 25.7 Å². The number of nitrogens with zero attached hydrogens (tertiary/aromatic N) is 2. The van der Waals surface area contributed by atoms with Gasteiger partial charge < -0.3 is 20.8 Å². The fourth-order valence-electron chi connectivity index (χ4n) is 1.81. The minimum atomic E-state index is 0.455. The Labute approximate surface area is 124 Å². The van der Waals surface area contributed by atoms with Crippen LogP contribution in [0, 0.1) is 0 Å². The van der Waals surface area contributed by atoms with Crippen LogP contribution in [0.4, 0.5) is 0 Å². The van der Waals surface area contributed by atoms with Crippen LogP contribution in [0.1, 0.15) is 12.1 Å². The van der Waals surface area contributed by atoms with E-state index in [-0.39, 0.29) is 0 Å². The Bertz CT molecular complexity index is 524. The predicted octanol–water partition coefficient (Wildman–Crippen LogP) is 1.33. The number of aromatic nitrogens is 2. The van der Waals surface area contributed by atoms with Gasteiger partial charge in [-0.2, -0.15) is 0 Å². The summed E-state index contributed by atoms with van der Waals surface area (Å²) in [5, 5.41) is 3.03. The molecule has 21 heavy (non-hydrogen) atoms. The summed E-state index contributed by atoms with van der Waals surface area (Å²) in [6, 6.07) is 9.69. The molecular formula is C15H21N5O. The van der Waals surface area contributed by atoms with E-state index < -0.39 is 0 Å². The number of guanidine groups is 1. The second kappa shape index (κ2) is 8.63. The molecule has 0 atom stereocenters. The molecule has 0 saturated heterocycles. The van der Waals surface area contributed by atoms with Crippen LogP contribution in [-0.2, 0) is 6.42 Å². The number of imidazole rings is 1. The van der Waals surface area contributed by atoms with Gasteiger partial charge in [0.2, 0.25) is 0 Å². The van der Waals surface area contributed by atoms with Gasteiger partial charge in [-0.25, -0.2) is 4.98 Å². The lowest BCUT2D eigenvalue weighted by Crippen LogP contribution is -2.34. The zero-order chi connectivity index (χ0) is 14.8. The molecule has 0 amide bonds. The molecule has 1 heterocycles. The Morgan fingerprint density at radius 3 is 2.95 bits per heavy atom. The van der Waals surface area contributed by atoms with Crippen molar-refractivity contribution in [2.24, 2.45) is 10.7 Å². The molecule has 2 aromatic rings. The van der Waals surface area contributed by atoms with Crippen LogP contribution >= 0.6 is 0 Å². The van der Waals surface area contributed by atoms with Gasteiger partial charge in [0.15, 0.2) is 5.96 Å². The fourth-order valence-corrected chi connectivity index (χ4v) is 1.81. The van der Waals surface area contributed by atoms with E-state index in [1.807, 2.05) is 36.5 Å². The third-order valence-electron chi connectivity index (χ3n) is 2.86. The molecule has 6 nitrogen and oxygen atoms in total. The van der Waals surface area contributed by atoms with Gasteiger partial charge in [-0.05, 0) is 25.0 Å². The highest BCUT2D eigenvalue weighted by atomic mass is 16.5. The lowest BCUT2D eigenvalue weighted by atomic mass is 10.2. The standard InChI is InChI=1S/C15H21N5O/c16-15(18-8-4-5-13-11-17-12-20-13)19-9-10-21-14-6-2-1-3-7-14/h1-3,6-7,11-12H,4-5,8-10H2,(H,17,20)(H3,16,18,19). The third-order valence-corrected chi connectivity index (χ3v) is 2.86. The number of para-hydroxylation sites is 1. The summed E-state index contributed by atoms with van der Waals surface area (Å²) in [4.78, 5) is 11.3. The van der Waals surface area contributed by atoms with E-state index in [0.717, 1.165) is 24.3 Å². The summed E-state index contributed by atoms with van der Waals surface area (Å²) < 4.78 is 5.55. The van der Waals surface area contributed by atoms with Crippen LogP contribution in [-0.4, -0.2) is 35.6 Å². The first-order chi connectivity index (χ1) is 10.3. The van der Waals surface area contributed by atoms with Crippen LogP contribution in [0.3, 0.4) is 0 Å². The number of nitrogens with one attached hydrogen (secondary N) is 2. The maximum atomic E-state index is 5.78. The zero-order valence-electron chi connectivity index (χ0n) is 12.0. The Kier molecular flexibility index (Phi) is 6.12. The molecule has 0 aliphatic carbocycles. The van der Waals surface area contributed by atoms with Crippen molar-refractivity contribution in [1.82, 2.24) is 15.3 Å². The van der Waals surface area contributed by atoms with Crippen molar-refractivity contribution >= 4 is 5.96 Å². The number of aliphatic imine (C=N–C) groups is 1. The van der Waals surface area contributed by atoms with E-state index in [4.69, 9.17) is 10.5 Å². The molecule has 0 bridgehead atoms. The second-order valence-corrected chi connectivity index (χ2v) is 4.54. The highest BCUT2D eigenvalue weighted by molar-refractivity contribution is 5.77. The van der Waals surface area contributed by atoms with Crippen molar-refractivity contribution in [2.45, 2.75) is 12.8 Å². The molecule has 0 aliphatic rings. The lowest BCUT2D eigenvalue weighted by Gasteiger charge is -2.07. The minimum Gasteiger partial charge on any atom is -0.492 e. The van der Waals surface area contributed by atoms with Gasteiger partial charge in [0, 0.05) is 18.4 Å². The zero-order valence-corrected chi connectivity index (χ0v) is 12.0. The summed E-state index contributed by atoms with van der Waals surface area (Å²) in [6.07, 6.45) is 5.37.